The van der Waals surface area contributed by atoms with E-state index in [-0.39, 0.29) is 0 Å². The summed E-state index contributed by atoms with van der Waals surface area (Å²) in [7, 11) is 2.21. The van der Waals surface area contributed by atoms with Crippen LogP contribution in [0.4, 0.5) is 0 Å². The number of piperazine rings is 1. The molecule has 3 heteroatoms. The van der Waals surface area contributed by atoms with Gasteiger partial charge < -0.3 is 15.5 Å². The first-order chi connectivity index (χ1) is 7.34. The van der Waals surface area contributed by atoms with E-state index in [2.05, 4.69) is 22.6 Å². The van der Waals surface area contributed by atoms with Crippen LogP contribution in [0.5, 0.6) is 0 Å². The molecule has 0 aromatic rings. The van der Waals surface area contributed by atoms with Gasteiger partial charge in [0.1, 0.15) is 0 Å². The summed E-state index contributed by atoms with van der Waals surface area (Å²) in [6.07, 6.45) is 5.81. The van der Waals surface area contributed by atoms with Gasteiger partial charge in [0.25, 0.3) is 0 Å². The largest absolute Gasteiger partial charge is 0.315 e. The molecule has 88 valence electrons. The zero-order chi connectivity index (χ0) is 10.5. The van der Waals surface area contributed by atoms with Crippen LogP contribution < -0.4 is 10.6 Å². The zero-order valence-corrected chi connectivity index (χ0v) is 9.97. The Morgan fingerprint density at radius 2 is 2.07 bits per heavy atom. The van der Waals surface area contributed by atoms with Crippen LogP contribution >= 0.6 is 0 Å². The number of hydrogen-bond donors (Lipinski definition) is 2. The fraction of sp³-hybridized carbons (Fsp3) is 1.00. The van der Waals surface area contributed by atoms with Crippen LogP contribution in [0, 0.1) is 5.92 Å². The highest BCUT2D eigenvalue weighted by Gasteiger charge is 2.17. The monoisotopic (exact) mass is 211 g/mol. The minimum atomic E-state index is 0.658. The second-order valence-electron chi connectivity index (χ2n) is 5.22. The molecule has 1 saturated heterocycles. The van der Waals surface area contributed by atoms with E-state index in [1.165, 1.54) is 45.3 Å². The van der Waals surface area contributed by atoms with Gasteiger partial charge in [0.15, 0.2) is 0 Å². The molecule has 3 nitrogen and oxygen atoms in total. The Morgan fingerprint density at radius 3 is 2.80 bits per heavy atom. The summed E-state index contributed by atoms with van der Waals surface area (Å²) in [5.74, 6) is 0.964. The third kappa shape index (κ3) is 3.74. The maximum absolute atomic E-state index is 3.63. The smallest absolute Gasteiger partial charge is 0.0320 e. The first kappa shape index (κ1) is 11.4. The number of nitrogens with zero attached hydrogens (tertiary/aromatic N) is 1. The second-order valence-corrected chi connectivity index (χ2v) is 5.22. The van der Waals surface area contributed by atoms with Crippen molar-refractivity contribution >= 4 is 0 Å². The lowest BCUT2D eigenvalue weighted by Gasteiger charge is -2.31. The van der Waals surface area contributed by atoms with Crippen LogP contribution in [-0.4, -0.2) is 50.7 Å². The van der Waals surface area contributed by atoms with E-state index in [4.69, 9.17) is 0 Å². The molecule has 0 aromatic heterocycles. The highest BCUT2D eigenvalue weighted by Crippen LogP contribution is 2.23. The van der Waals surface area contributed by atoms with Gasteiger partial charge in [-0.2, -0.15) is 0 Å². The van der Waals surface area contributed by atoms with Gasteiger partial charge in [0.2, 0.25) is 0 Å². The van der Waals surface area contributed by atoms with Crippen LogP contribution in [0.15, 0.2) is 0 Å². The molecule has 0 amide bonds. The number of hydrogen-bond acceptors (Lipinski definition) is 3. The molecule has 2 fully saturated rings. The van der Waals surface area contributed by atoms with E-state index in [0.29, 0.717) is 6.04 Å². The summed E-state index contributed by atoms with van der Waals surface area (Å²) < 4.78 is 0. The molecule has 2 N–H and O–H groups in total. The Balaban J connectivity index is 1.56. The van der Waals surface area contributed by atoms with Crippen molar-refractivity contribution in [1.82, 2.24) is 15.5 Å². The van der Waals surface area contributed by atoms with Gasteiger partial charge in [-0.15, -0.1) is 0 Å². The van der Waals surface area contributed by atoms with Gasteiger partial charge in [-0.3, -0.25) is 0 Å². The van der Waals surface area contributed by atoms with Crippen LogP contribution in [0.3, 0.4) is 0 Å². The standard InChI is InChI=1S/C12H25N3/c1-15-7-6-14-12(10-15)9-13-8-11-4-2-3-5-11/h11-14H,2-10H2,1H3. The lowest BCUT2D eigenvalue weighted by atomic mass is 10.1. The summed E-state index contributed by atoms with van der Waals surface area (Å²) in [6, 6.07) is 0.658. The van der Waals surface area contributed by atoms with Crippen molar-refractivity contribution in [2.45, 2.75) is 31.7 Å². The molecule has 0 aromatic carbocycles. The summed E-state index contributed by atoms with van der Waals surface area (Å²) in [6.45, 7) is 5.91. The molecule has 1 unspecified atom stereocenters. The van der Waals surface area contributed by atoms with Crippen LogP contribution in [0.2, 0.25) is 0 Å². The van der Waals surface area contributed by atoms with Crippen LogP contribution in [0.1, 0.15) is 25.7 Å². The summed E-state index contributed by atoms with van der Waals surface area (Å²) in [5.41, 5.74) is 0. The molecule has 1 heterocycles. The molecule has 2 rings (SSSR count). The maximum Gasteiger partial charge on any atom is 0.0320 e. The zero-order valence-electron chi connectivity index (χ0n) is 9.97. The Morgan fingerprint density at radius 1 is 1.27 bits per heavy atom. The van der Waals surface area contributed by atoms with Crippen LogP contribution in [-0.2, 0) is 0 Å². The quantitative estimate of drug-likeness (QED) is 0.716. The average molecular weight is 211 g/mol. The maximum atomic E-state index is 3.63. The van der Waals surface area contributed by atoms with Crippen molar-refractivity contribution in [1.29, 1.82) is 0 Å². The molecule has 1 atom stereocenters. The minimum absolute atomic E-state index is 0.658. The highest BCUT2D eigenvalue weighted by atomic mass is 15.2. The topological polar surface area (TPSA) is 27.3 Å². The van der Waals surface area contributed by atoms with E-state index >= 15 is 0 Å². The molecule has 0 radical (unpaired) electrons. The second kappa shape index (κ2) is 5.83. The average Bonchev–Trinajstić information content (AvgIpc) is 2.71. The Kier molecular flexibility index (Phi) is 4.42. The third-order valence-corrected chi connectivity index (χ3v) is 3.76. The van der Waals surface area contributed by atoms with Gasteiger partial charge in [0, 0.05) is 32.2 Å². The first-order valence-electron chi connectivity index (χ1n) is 6.47. The molecular weight excluding hydrogens is 186 g/mol. The van der Waals surface area contributed by atoms with E-state index < -0.39 is 0 Å². The first-order valence-corrected chi connectivity index (χ1v) is 6.47. The molecule has 0 bridgehead atoms. The molecule has 0 spiro atoms. The molecule has 2 aliphatic rings. The van der Waals surface area contributed by atoms with Gasteiger partial charge in [-0.05, 0) is 32.4 Å². The van der Waals surface area contributed by atoms with Crippen molar-refractivity contribution in [2.24, 2.45) is 5.92 Å². The normalized spacial score (nSPS) is 29.8. The van der Waals surface area contributed by atoms with Crippen molar-refractivity contribution in [3.05, 3.63) is 0 Å². The molecule has 1 saturated carbocycles. The number of likely N-dealkylation sites (N-methyl/N-ethyl adjacent to an activating group) is 1. The number of nitrogens with one attached hydrogen (secondary N) is 2. The lowest BCUT2D eigenvalue weighted by Crippen LogP contribution is -2.53. The highest BCUT2D eigenvalue weighted by molar-refractivity contribution is 4.79. The minimum Gasteiger partial charge on any atom is -0.315 e. The van der Waals surface area contributed by atoms with Gasteiger partial charge in [-0.1, -0.05) is 12.8 Å². The van der Waals surface area contributed by atoms with Gasteiger partial charge >= 0.3 is 0 Å². The van der Waals surface area contributed by atoms with Gasteiger partial charge in [-0.25, -0.2) is 0 Å². The summed E-state index contributed by atoms with van der Waals surface area (Å²) >= 11 is 0. The van der Waals surface area contributed by atoms with Crippen molar-refractivity contribution in [2.75, 3.05) is 39.8 Å². The molecule has 15 heavy (non-hydrogen) atoms. The van der Waals surface area contributed by atoms with E-state index in [1.54, 1.807) is 0 Å². The number of rotatable bonds is 4. The summed E-state index contributed by atoms with van der Waals surface area (Å²) in [4.78, 5) is 2.42. The SMILES string of the molecule is CN1CCNC(CNCC2CCCC2)C1. The van der Waals surface area contributed by atoms with Crippen molar-refractivity contribution in [3.63, 3.8) is 0 Å². The van der Waals surface area contributed by atoms with Crippen molar-refractivity contribution in [3.8, 4) is 0 Å². The third-order valence-electron chi connectivity index (χ3n) is 3.76. The fourth-order valence-electron chi connectivity index (χ4n) is 2.80. The molecule has 1 aliphatic heterocycles. The summed E-state index contributed by atoms with van der Waals surface area (Å²) in [5, 5.41) is 7.20. The van der Waals surface area contributed by atoms with Gasteiger partial charge in [0.05, 0.1) is 0 Å². The van der Waals surface area contributed by atoms with E-state index in [1.807, 2.05) is 0 Å². The van der Waals surface area contributed by atoms with Crippen LogP contribution in [0.25, 0.3) is 0 Å². The fourth-order valence-corrected chi connectivity index (χ4v) is 2.80. The Labute approximate surface area is 93.6 Å². The van der Waals surface area contributed by atoms with Crippen molar-refractivity contribution < 1.29 is 0 Å². The predicted octanol–water partition coefficient (Wildman–Crippen LogP) is 0.670. The van der Waals surface area contributed by atoms with E-state index in [9.17, 15) is 0 Å². The molecular formula is C12H25N3. The Hall–Kier alpha value is -0.120. The Bertz CT molecular complexity index is 178. The van der Waals surface area contributed by atoms with E-state index in [0.717, 1.165) is 19.0 Å². The lowest BCUT2D eigenvalue weighted by molar-refractivity contribution is 0.233. The molecule has 1 aliphatic carbocycles. The predicted molar refractivity (Wildman–Crippen MR) is 64.1 cm³/mol.